The number of hydrogen-bond donors (Lipinski definition) is 0. The monoisotopic (exact) mass is 466 g/mol. The number of benzene rings is 1. The number of methoxy groups -OCH3 is 1. The van der Waals surface area contributed by atoms with Gasteiger partial charge in [-0.25, -0.2) is 0 Å². The van der Waals surface area contributed by atoms with Gasteiger partial charge in [0.2, 0.25) is 0 Å². The Morgan fingerprint density at radius 1 is 1.21 bits per heavy atom. The molecule has 0 saturated heterocycles. The minimum absolute atomic E-state index is 0.0747. The third-order valence-corrected chi connectivity index (χ3v) is 8.24. The Hall–Kier alpha value is -2.16. The zero-order chi connectivity index (χ0) is 24.1. The summed E-state index contributed by atoms with van der Waals surface area (Å²) >= 11 is 0. The third kappa shape index (κ3) is 6.25. The first-order chi connectivity index (χ1) is 15.7. The van der Waals surface area contributed by atoms with E-state index in [1.165, 1.54) is 23.1 Å². The summed E-state index contributed by atoms with van der Waals surface area (Å²) in [6.45, 7) is 12.9. The number of fused-ring (bicyclic) bond motifs is 1. The maximum atomic E-state index is 13.0. The average molecular weight is 467 g/mol. The molecule has 3 aliphatic heterocycles. The van der Waals surface area contributed by atoms with E-state index in [0.29, 0.717) is 8.58 Å². The predicted octanol–water partition coefficient (Wildman–Crippen LogP) is 6.35. The summed E-state index contributed by atoms with van der Waals surface area (Å²) < 4.78 is 5.37. The summed E-state index contributed by atoms with van der Waals surface area (Å²) in [6.07, 6.45) is 10.8. The SMILES string of the molecule is CCC(C)C.COc1ccc(C2=CC(=O)N3C=C(C4=CCN(C)CC4)C=C(C)C3P2)cc1C. The fourth-order valence-corrected chi connectivity index (χ4v) is 5.46. The van der Waals surface area contributed by atoms with Gasteiger partial charge in [0.15, 0.2) is 0 Å². The molecule has 0 aliphatic carbocycles. The third-order valence-electron chi connectivity index (χ3n) is 6.49. The van der Waals surface area contributed by atoms with Gasteiger partial charge in [-0.05, 0) is 78.5 Å². The normalized spacial score (nSPS) is 21.5. The van der Waals surface area contributed by atoms with Gasteiger partial charge in [0.05, 0.1) is 12.9 Å². The van der Waals surface area contributed by atoms with Crippen molar-refractivity contribution in [3.05, 3.63) is 70.5 Å². The highest BCUT2D eigenvalue weighted by molar-refractivity contribution is 7.51. The Balaban J connectivity index is 0.000000555. The number of carbonyl (C=O) groups is 1. The highest BCUT2D eigenvalue weighted by Crippen LogP contribution is 2.48. The van der Waals surface area contributed by atoms with Crippen LogP contribution in [0, 0.1) is 12.8 Å². The molecule has 0 bridgehead atoms. The van der Waals surface area contributed by atoms with E-state index in [4.69, 9.17) is 4.74 Å². The van der Waals surface area contributed by atoms with Crippen LogP contribution in [0.2, 0.25) is 0 Å². The molecule has 0 saturated carbocycles. The van der Waals surface area contributed by atoms with Crippen LogP contribution < -0.4 is 4.74 Å². The van der Waals surface area contributed by atoms with Crippen LogP contribution in [0.15, 0.2) is 59.3 Å². The number of amides is 1. The molecule has 33 heavy (non-hydrogen) atoms. The molecule has 1 amide bonds. The van der Waals surface area contributed by atoms with E-state index in [2.05, 4.69) is 70.1 Å². The minimum Gasteiger partial charge on any atom is -0.496 e. The molecule has 1 aromatic rings. The first-order valence-electron chi connectivity index (χ1n) is 12.0. The summed E-state index contributed by atoms with van der Waals surface area (Å²) in [5.74, 6) is 1.97. The number of ether oxygens (including phenoxy) is 1. The molecule has 5 heteroatoms. The topological polar surface area (TPSA) is 32.8 Å². The Morgan fingerprint density at radius 2 is 1.94 bits per heavy atom. The van der Waals surface area contributed by atoms with Crippen LogP contribution >= 0.6 is 8.58 Å². The van der Waals surface area contributed by atoms with Gasteiger partial charge in [0.25, 0.3) is 5.91 Å². The maximum Gasteiger partial charge on any atom is 0.252 e. The Labute approximate surface area is 201 Å². The molecule has 2 unspecified atom stereocenters. The van der Waals surface area contributed by atoms with Gasteiger partial charge in [-0.3, -0.25) is 4.79 Å². The summed E-state index contributed by atoms with van der Waals surface area (Å²) in [5, 5.41) is 1.13. The van der Waals surface area contributed by atoms with Crippen molar-refractivity contribution >= 4 is 19.8 Å². The van der Waals surface area contributed by atoms with Crippen molar-refractivity contribution in [2.75, 3.05) is 27.2 Å². The minimum atomic E-state index is 0.0747. The van der Waals surface area contributed by atoms with E-state index in [0.717, 1.165) is 47.6 Å². The molecule has 3 heterocycles. The predicted molar refractivity (Wildman–Crippen MR) is 142 cm³/mol. The molecule has 0 N–H and O–H groups in total. The molecule has 0 spiro atoms. The van der Waals surface area contributed by atoms with Crippen LogP contribution in [0.5, 0.6) is 5.75 Å². The van der Waals surface area contributed by atoms with E-state index in [9.17, 15) is 4.79 Å². The first kappa shape index (κ1) is 25.5. The van der Waals surface area contributed by atoms with Crippen LogP contribution in [-0.4, -0.2) is 48.7 Å². The fraction of sp³-hybridized carbons (Fsp3) is 0.464. The lowest BCUT2D eigenvalue weighted by Gasteiger charge is -2.37. The van der Waals surface area contributed by atoms with Crippen molar-refractivity contribution in [3.63, 3.8) is 0 Å². The largest absolute Gasteiger partial charge is 0.496 e. The zero-order valence-electron chi connectivity index (χ0n) is 21.2. The van der Waals surface area contributed by atoms with Crippen molar-refractivity contribution in [1.29, 1.82) is 0 Å². The lowest BCUT2D eigenvalue weighted by atomic mass is 9.96. The molecule has 178 valence electrons. The summed E-state index contributed by atoms with van der Waals surface area (Å²) in [4.78, 5) is 17.2. The van der Waals surface area contributed by atoms with E-state index in [1.807, 2.05) is 24.0 Å². The van der Waals surface area contributed by atoms with E-state index in [1.54, 1.807) is 7.11 Å². The average Bonchev–Trinajstić information content (AvgIpc) is 2.80. The molecule has 0 aromatic heterocycles. The lowest BCUT2D eigenvalue weighted by molar-refractivity contribution is -0.123. The molecular formula is C28H39N2O2P. The van der Waals surface area contributed by atoms with Gasteiger partial charge < -0.3 is 14.5 Å². The molecular weight excluding hydrogens is 427 g/mol. The number of allylic oxidation sites excluding steroid dienone is 2. The number of likely N-dealkylation sites (N-methyl/N-ethyl adjacent to an activating group) is 1. The van der Waals surface area contributed by atoms with Gasteiger partial charge in [0, 0.05) is 25.4 Å². The van der Waals surface area contributed by atoms with E-state index < -0.39 is 0 Å². The fourth-order valence-electron chi connectivity index (χ4n) is 3.99. The van der Waals surface area contributed by atoms with Crippen LogP contribution in [0.25, 0.3) is 5.31 Å². The van der Waals surface area contributed by atoms with Crippen molar-refractivity contribution in [3.8, 4) is 5.75 Å². The quantitative estimate of drug-likeness (QED) is 0.485. The van der Waals surface area contributed by atoms with E-state index in [-0.39, 0.29) is 11.7 Å². The van der Waals surface area contributed by atoms with Crippen LogP contribution in [0.1, 0.15) is 51.7 Å². The molecule has 0 radical (unpaired) electrons. The van der Waals surface area contributed by atoms with Gasteiger partial charge in [-0.15, -0.1) is 0 Å². The first-order valence-corrected chi connectivity index (χ1v) is 13.0. The molecule has 2 atom stereocenters. The standard InChI is InChI=1S/C23H27N2O2P.C5H12/c1-15-11-18(5-6-20(15)27-4)21-13-22(26)25-14-19(12-16(2)23(25)28-21)17-7-9-24(3)10-8-17;1-4-5(2)3/h5-7,11-14,23,28H,8-10H2,1-4H3;5H,4H2,1-3H3. The highest BCUT2D eigenvalue weighted by Gasteiger charge is 2.32. The lowest BCUT2D eigenvalue weighted by Crippen LogP contribution is -2.38. The van der Waals surface area contributed by atoms with Crippen LogP contribution in [0.4, 0.5) is 0 Å². The molecule has 0 fully saturated rings. The Bertz CT molecular complexity index is 1000. The van der Waals surface area contributed by atoms with Crippen LogP contribution in [-0.2, 0) is 4.79 Å². The van der Waals surface area contributed by atoms with E-state index >= 15 is 0 Å². The highest BCUT2D eigenvalue weighted by atomic mass is 31.1. The molecule has 4 nitrogen and oxygen atoms in total. The van der Waals surface area contributed by atoms with Gasteiger partial charge >= 0.3 is 0 Å². The second-order valence-electron chi connectivity index (χ2n) is 9.55. The number of rotatable bonds is 4. The van der Waals surface area contributed by atoms with Gasteiger partial charge in [0.1, 0.15) is 5.75 Å². The second-order valence-corrected chi connectivity index (χ2v) is 10.9. The van der Waals surface area contributed by atoms with Gasteiger partial charge in [-0.2, -0.15) is 0 Å². The second kappa shape index (κ2) is 11.3. The van der Waals surface area contributed by atoms with Crippen molar-refractivity contribution in [2.24, 2.45) is 5.92 Å². The Morgan fingerprint density at radius 3 is 2.52 bits per heavy atom. The van der Waals surface area contributed by atoms with Crippen molar-refractivity contribution in [2.45, 2.75) is 53.2 Å². The summed E-state index contributed by atoms with van der Waals surface area (Å²) in [5.41, 5.74) is 6.02. The van der Waals surface area contributed by atoms with Crippen molar-refractivity contribution in [1.82, 2.24) is 9.80 Å². The number of nitrogens with zero attached hydrogens (tertiary/aromatic N) is 2. The Kier molecular flexibility index (Phi) is 8.73. The van der Waals surface area contributed by atoms with Gasteiger partial charge in [-0.1, -0.05) is 54.0 Å². The van der Waals surface area contributed by atoms with Crippen molar-refractivity contribution < 1.29 is 9.53 Å². The zero-order valence-corrected chi connectivity index (χ0v) is 22.2. The van der Waals surface area contributed by atoms with Crippen LogP contribution in [0.3, 0.4) is 0 Å². The number of carbonyl (C=O) groups excluding carboxylic acids is 1. The smallest absolute Gasteiger partial charge is 0.252 e. The maximum absolute atomic E-state index is 13.0. The number of hydrogen-bond acceptors (Lipinski definition) is 3. The summed E-state index contributed by atoms with van der Waals surface area (Å²) in [7, 11) is 4.37. The molecule has 3 aliphatic rings. The molecule has 1 aromatic carbocycles. The number of aryl methyl sites for hydroxylation is 1. The molecule has 4 rings (SSSR count). The summed E-state index contributed by atoms with van der Waals surface area (Å²) in [6, 6.07) is 6.16.